The lowest BCUT2D eigenvalue weighted by molar-refractivity contribution is 0.389. The first-order valence-corrected chi connectivity index (χ1v) is 6.65. The molecule has 0 aromatic rings. The van der Waals surface area contributed by atoms with E-state index in [4.69, 9.17) is 0 Å². The van der Waals surface area contributed by atoms with Crippen LogP contribution in [0, 0.1) is 5.92 Å². The topological polar surface area (TPSA) is 24.1 Å². The van der Waals surface area contributed by atoms with Gasteiger partial charge in [0.2, 0.25) is 0 Å². The first-order valence-electron chi connectivity index (χ1n) is 6.65. The predicted molar refractivity (Wildman–Crippen MR) is 67.2 cm³/mol. The van der Waals surface area contributed by atoms with Crippen LogP contribution >= 0.6 is 0 Å². The molecule has 0 aliphatic carbocycles. The third-order valence-corrected chi connectivity index (χ3v) is 3.18. The van der Waals surface area contributed by atoms with Crippen LogP contribution in [0.15, 0.2) is 0 Å². The molecule has 2 unspecified atom stereocenters. The molecule has 2 heteroatoms. The van der Waals surface area contributed by atoms with E-state index < -0.39 is 0 Å². The molecule has 1 heterocycles. The van der Waals surface area contributed by atoms with Gasteiger partial charge in [-0.25, -0.2) is 0 Å². The molecule has 0 radical (unpaired) electrons. The quantitative estimate of drug-likeness (QED) is 0.732. The molecule has 90 valence electrons. The second kappa shape index (κ2) is 7.24. The number of rotatable bonds is 5. The van der Waals surface area contributed by atoms with E-state index in [1.807, 2.05) is 0 Å². The second-order valence-corrected chi connectivity index (χ2v) is 5.44. The molecule has 2 atom stereocenters. The Bertz CT molecular complexity index is 149. The van der Waals surface area contributed by atoms with Crippen molar-refractivity contribution in [1.29, 1.82) is 0 Å². The summed E-state index contributed by atoms with van der Waals surface area (Å²) in [5.41, 5.74) is 0. The second-order valence-electron chi connectivity index (χ2n) is 5.44. The summed E-state index contributed by atoms with van der Waals surface area (Å²) in [6.07, 6.45) is 6.84. The zero-order chi connectivity index (χ0) is 11.1. The van der Waals surface area contributed by atoms with Crippen molar-refractivity contribution in [2.45, 2.75) is 65.0 Å². The summed E-state index contributed by atoms with van der Waals surface area (Å²) in [6, 6.07) is 1.41. The zero-order valence-electron chi connectivity index (χ0n) is 10.7. The van der Waals surface area contributed by atoms with Gasteiger partial charge < -0.3 is 10.6 Å². The van der Waals surface area contributed by atoms with Gasteiger partial charge in [-0.15, -0.1) is 0 Å². The summed E-state index contributed by atoms with van der Waals surface area (Å²) >= 11 is 0. The van der Waals surface area contributed by atoms with Crippen LogP contribution < -0.4 is 10.6 Å². The maximum absolute atomic E-state index is 3.66. The van der Waals surface area contributed by atoms with E-state index in [2.05, 4.69) is 31.4 Å². The van der Waals surface area contributed by atoms with E-state index in [1.165, 1.54) is 38.6 Å². The number of hydrogen-bond acceptors (Lipinski definition) is 2. The normalized spacial score (nSPS) is 25.2. The van der Waals surface area contributed by atoms with Gasteiger partial charge in [0.25, 0.3) is 0 Å². The summed E-state index contributed by atoms with van der Waals surface area (Å²) in [5.74, 6) is 0.759. The van der Waals surface area contributed by atoms with Gasteiger partial charge in [-0.2, -0.15) is 0 Å². The van der Waals surface area contributed by atoms with Crippen molar-refractivity contribution in [3.05, 3.63) is 0 Å². The fraction of sp³-hybridized carbons (Fsp3) is 1.00. The van der Waals surface area contributed by atoms with Crippen LogP contribution in [0.2, 0.25) is 0 Å². The minimum absolute atomic E-state index is 0.656. The summed E-state index contributed by atoms with van der Waals surface area (Å²) in [6.45, 7) is 9.22. The first-order chi connectivity index (χ1) is 7.18. The van der Waals surface area contributed by atoms with Gasteiger partial charge >= 0.3 is 0 Å². The van der Waals surface area contributed by atoms with Crippen LogP contribution in [-0.2, 0) is 0 Å². The minimum atomic E-state index is 0.656. The first kappa shape index (κ1) is 13.0. The van der Waals surface area contributed by atoms with Crippen molar-refractivity contribution < 1.29 is 0 Å². The maximum atomic E-state index is 3.66. The van der Waals surface area contributed by atoms with Crippen LogP contribution in [0.25, 0.3) is 0 Å². The van der Waals surface area contributed by atoms with Gasteiger partial charge in [0.15, 0.2) is 0 Å². The lowest BCUT2D eigenvalue weighted by Gasteiger charge is -2.22. The lowest BCUT2D eigenvalue weighted by Crippen LogP contribution is -2.38. The molecule has 0 bridgehead atoms. The average Bonchev–Trinajstić information content (AvgIpc) is 2.43. The van der Waals surface area contributed by atoms with E-state index in [-0.39, 0.29) is 0 Å². The molecular weight excluding hydrogens is 184 g/mol. The Hall–Kier alpha value is -0.0800. The molecule has 1 rings (SSSR count). The van der Waals surface area contributed by atoms with Crippen molar-refractivity contribution in [2.24, 2.45) is 5.92 Å². The molecular formula is C13H28N2. The van der Waals surface area contributed by atoms with Gasteiger partial charge in [-0.1, -0.05) is 26.7 Å². The van der Waals surface area contributed by atoms with Gasteiger partial charge in [-0.3, -0.25) is 0 Å². The number of nitrogens with one attached hydrogen (secondary N) is 2. The molecule has 1 aliphatic rings. The highest BCUT2D eigenvalue weighted by Crippen LogP contribution is 2.12. The van der Waals surface area contributed by atoms with Gasteiger partial charge in [0.1, 0.15) is 0 Å². The highest BCUT2D eigenvalue weighted by atomic mass is 14.9. The predicted octanol–water partition coefficient (Wildman–Crippen LogP) is 2.54. The zero-order valence-corrected chi connectivity index (χ0v) is 10.7. The van der Waals surface area contributed by atoms with Gasteiger partial charge in [0.05, 0.1) is 0 Å². The summed E-state index contributed by atoms with van der Waals surface area (Å²) in [4.78, 5) is 0. The Kier molecular flexibility index (Phi) is 6.26. The molecule has 0 aromatic heterocycles. The van der Waals surface area contributed by atoms with Crippen LogP contribution in [-0.4, -0.2) is 25.2 Å². The maximum Gasteiger partial charge on any atom is 0.00817 e. The Morgan fingerprint density at radius 3 is 2.73 bits per heavy atom. The molecule has 15 heavy (non-hydrogen) atoms. The van der Waals surface area contributed by atoms with E-state index in [0.717, 1.165) is 18.5 Å². The Labute approximate surface area is 95.2 Å². The molecule has 0 saturated carbocycles. The molecule has 0 spiro atoms. The monoisotopic (exact) mass is 212 g/mol. The third kappa shape index (κ3) is 6.16. The highest BCUT2D eigenvalue weighted by Gasteiger charge is 2.14. The van der Waals surface area contributed by atoms with Crippen LogP contribution in [0.4, 0.5) is 0 Å². The summed E-state index contributed by atoms with van der Waals surface area (Å²) < 4.78 is 0. The molecule has 1 fully saturated rings. The van der Waals surface area contributed by atoms with Crippen molar-refractivity contribution in [2.75, 3.05) is 13.1 Å². The van der Waals surface area contributed by atoms with Gasteiger partial charge in [0, 0.05) is 12.1 Å². The molecule has 1 aliphatic heterocycles. The Morgan fingerprint density at radius 2 is 2.00 bits per heavy atom. The molecule has 0 aromatic carbocycles. The van der Waals surface area contributed by atoms with Crippen LogP contribution in [0.1, 0.15) is 52.9 Å². The minimum Gasteiger partial charge on any atom is -0.314 e. The fourth-order valence-electron chi connectivity index (χ4n) is 2.25. The average molecular weight is 212 g/mol. The van der Waals surface area contributed by atoms with E-state index in [0.29, 0.717) is 6.04 Å². The molecule has 2 N–H and O–H groups in total. The van der Waals surface area contributed by atoms with E-state index in [9.17, 15) is 0 Å². The third-order valence-electron chi connectivity index (χ3n) is 3.18. The van der Waals surface area contributed by atoms with E-state index in [1.54, 1.807) is 0 Å². The SMILES string of the molecule is CC(C)CNC(C)CC1CCCCCN1. The van der Waals surface area contributed by atoms with E-state index >= 15 is 0 Å². The molecule has 1 saturated heterocycles. The van der Waals surface area contributed by atoms with Crippen molar-refractivity contribution in [3.63, 3.8) is 0 Å². The van der Waals surface area contributed by atoms with Crippen molar-refractivity contribution in [3.8, 4) is 0 Å². The van der Waals surface area contributed by atoms with Gasteiger partial charge in [-0.05, 0) is 45.2 Å². The van der Waals surface area contributed by atoms with Crippen molar-refractivity contribution in [1.82, 2.24) is 10.6 Å². The summed E-state index contributed by atoms with van der Waals surface area (Å²) in [5, 5.41) is 7.27. The Morgan fingerprint density at radius 1 is 1.20 bits per heavy atom. The summed E-state index contributed by atoms with van der Waals surface area (Å²) in [7, 11) is 0. The molecule has 2 nitrogen and oxygen atoms in total. The smallest absolute Gasteiger partial charge is 0.00817 e. The number of hydrogen-bond donors (Lipinski definition) is 2. The fourth-order valence-corrected chi connectivity index (χ4v) is 2.25. The molecule has 0 amide bonds. The van der Waals surface area contributed by atoms with Crippen LogP contribution in [0.5, 0.6) is 0 Å². The van der Waals surface area contributed by atoms with Crippen LogP contribution in [0.3, 0.4) is 0 Å². The standard InChI is InChI=1S/C13H28N2/c1-11(2)10-15-12(3)9-13-7-5-4-6-8-14-13/h11-15H,4-10H2,1-3H3. The Balaban J connectivity index is 2.14. The van der Waals surface area contributed by atoms with Crippen molar-refractivity contribution >= 4 is 0 Å². The lowest BCUT2D eigenvalue weighted by atomic mass is 10.0. The largest absolute Gasteiger partial charge is 0.314 e. The highest BCUT2D eigenvalue weighted by molar-refractivity contribution is 4.76.